The molecule has 2 rings (SSSR count). The summed E-state index contributed by atoms with van der Waals surface area (Å²) in [7, 11) is 0. The molecular weight excluding hydrogens is 196 g/mol. The molecule has 1 aromatic heterocycles. The molecule has 1 aromatic rings. The van der Waals surface area contributed by atoms with Crippen molar-refractivity contribution in [3.05, 3.63) is 23.3 Å². The average Bonchev–Trinajstić information content (AvgIpc) is 2.69. The van der Waals surface area contributed by atoms with Gasteiger partial charge in [0.25, 0.3) is 0 Å². The fraction of sp³-hybridized carbons (Fsp3) is 0.636. The normalized spacial score (nSPS) is 17.6. The van der Waals surface area contributed by atoms with Crippen molar-refractivity contribution < 1.29 is 0 Å². The summed E-state index contributed by atoms with van der Waals surface area (Å²) in [5.41, 5.74) is 2.00. The first-order valence-corrected chi connectivity index (χ1v) is 5.73. The predicted molar refractivity (Wildman–Crippen MR) is 57.5 cm³/mol. The Morgan fingerprint density at radius 1 is 1.36 bits per heavy atom. The van der Waals surface area contributed by atoms with Crippen LogP contribution in [0.3, 0.4) is 0 Å². The Labute approximate surface area is 89.7 Å². The monoisotopic (exact) mass is 210 g/mol. The van der Waals surface area contributed by atoms with E-state index in [4.69, 9.17) is 11.6 Å². The number of halogens is 1. The highest BCUT2D eigenvalue weighted by molar-refractivity contribution is 6.16. The van der Waals surface area contributed by atoms with Crippen molar-refractivity contribution in [1.29, 1.82) is 0 Å². The Kier molecular flexibility index (Phi) is 3.02. The van der Waals surface area contributed by atoms with E-state index >= 15 is 0 Å². The van der Waals surface area contributed by atoms with Gasteiger partial charge in [-0.2, -0.15) is 0 Å². The first-order chi connectivity index (χ1) is 6.79. The molecule has 1 aliphatic rings. The van der Waals surface area contributed by atoms with Crippen molar-refractivity contribution in [3.63, 3.8) is 0 Å². The van der Waals surface area contributed by atoms with Gasteiger partial charge in [0.15, 0.2) is 0 Å². The number of hydrogen-bond acceptors (Lipinski definition) is 2. The summed E-state index contributed by atoms with van der Waals surface area (Å²) in [6.07, 6.45) is 5.12. The smallest absolute Gasteiger partial charge is 0.131 e. The SMILES string of the molecule is Cc1cc(CCl)nc(C2CCCC2)n1. The zero-order valence-corrected chi connectivity index (χ0v) is 9.22. The van der Waals surface area contributed by atoms with Crippen LogP contribution in [-0.4, -0.2) is 9.97 Å². The van der Waals surface area contributed by atoms with E-state index in [1.807, 2.05) is 13.0 Å². The maximum absolute atomic E-state index is 5.79. The first-order valence-electron chi connectivity index (χ1n) is 5.20. The molecule has 0 saturated heterocycles. The van der Waals surface area contributed by atoms with Crippen molar-refractivity contribution in [2.45, 2.75) is 44.4 Å². The third kappa shape index (κ3) is 2.06. The van der Waals surface area contributed by atoms with Crippen molar-refractivity contribution in [2.24, 2.45) is 0 Å². The van der Waals surface area contributed by atoms with E-state index in [1.54, 1.807) is 0 Å². The molecule has 0 atom stereocenters. The number of rotatable bonds is 2. The average molecular weight is 211 g/mol. The molecular formula is C11H15ClN2. The fourth-order valence-electron chi connectivity index (χ4n) is 2.09. The van der Waals surface area contributed by atoms with E-state index in [2.05, 4.69) is 9.97 Å². The predicted octanol–water partition coefficient (Wildman–Crippen LogP) is 3.18. The second kappa shape index (κ2) is 4.26. The van der Waals surface area contributed by atoms with Gasteiger partial charge in [-0.05, 0) is 25.8 Å². The topological polar surface area (TPSA) is 25.8 Å². The van der Waals surface area contributed by atoms with Gasteiger partial charge < -0.3 is 0 Å². The molecule has 0 unspecified atom stereocenters. The van der Waals surface area contributed by atoms with E-state index in [9.17, 15) is 0 Å². The molecule has 3 heteroatoms. The van der Waals surface area contributed by atoms with Crippen LogP contribution < -0.4 is 0 Å². The second-order valence-corrected chi connectivity index (χ2v) is 4.24. The molecule has 0 N–H and O–H groups in total. The summed E-state index contributed by atoms with van der Waals surface area (Å²) < 4.78 is 0. The summed E-state index contributed by atoms with van der Waals surface area (Å²) in [6.45, 7) is 2.01. The van der Waals surface area contributed by atoms with Crippen LogP contribution >= 0.6 is 11.6 Å². The van der Waals surface area contributed by atoms with Crippen LogP contribution in [0.25, 0.3) is 0 Å². The number of alkyl halides is 1. The molecule has 0 aliphatic heterocycles. The number of hydrogen-bond donors (Lipinski definition) is 0. The summed E-state index contributed by atoms with van der Waals surface area (Å²) in [5.74, 6) is 2.08. The Bertz CT molecular complexity index is 319. The molecule has 0 amide bonds. The minimum Gasteiger partial charge on any atom is -0.238 e. The molecule has 1 saturated carbocycles. The standard InChI is InChI=1S/C11H15ClN2/c1-8-6-10(7-12)14-11(13-8)9-4-2-3-5-9/h6,9H,2-5,7H2,1H3. The number of nitrogens with zero attached hydrogens (tertiary/aromatic N) is 2. The summed E-state index contributed by atoms with van der Waals surface area (Å²) in [6, 6.07) is 1.96. The van der Waals surface area contributed by atoms with E-state index in [0.717, 1.165) is 17.2 Å². The van der Waals surface area contributed by atoms with Gasteiger partial charge in [0.1, 0.15) is 5.82 Å². The van der Waals surface area contributed by atoms with Crippen molar-refractivity contribution in [1.82, 2.24) is 9.97 Å². The number of aryl methyl sites for hydroxylation is 1. The van der Waals surface area contributed by atoms with Crippen LogP contribution in [-0.2, 0) is 5.88 Å². The maximum atomic E-state index is 5.79. The van der Waals surface area contributed by atoms with Gasteiger partial charge >= 0.3 is 0 Å². The lowest BCUT2D eigenvalue weighted by atomic mass is 10.1. The second-order valence-electron chi connectivity index (χ2n) is 3.97. The van der Waals surface area contributed by atoms with Crippen LogP contribution in [0.5, 0.6) is 0 Å². The van der Waals surface area contributed by atoms with Gasteiger partial charge in [0, 0.05) is 11.6 Å². The Hall–Kier alpha value is -0.630. The van der Waals surface area contributed by atoms with E-state index in [0.29, 0.717) is 11.8 Å². The molecule has 1 heterocycles. The van der Waals surface area contributed by atoms with Crippen LogP contribution in [0.1, 0.15) is 48.8 Å². The summed E-state index contributed by atoms with van der Waals surface area (Å²) in [4.78, 5) is 8.99. The molecule has 0 spiro atoms. The lowest BCUT2D eigenvalue weighted by Crippen LogP contribution is -2.04. The van der Waals surface area contributed by atoms with E-state index in [1.165, 1.54) is 25.7 Å². The molecule has 14 heavy (non-hydrogen) atoms. The van der Waals surface area contributed by atoms with Crippen LogP contribution in [0, 0.1) is 6.92 Å². The highest BCUT2D eigenvalue weighted by atomic mass is 35.5. The van der Waals surface area contributed by atoms with Crippen molar-refractivity contribution >= 4 is 11.6 Å². The van der Waals surface area contributed by atoms with Crippen molar-refractivity contribution in [3.8, 4) is 0 Å². The lowest BCUT2D eigenvalue weighted by molar-refractivity contribution is 0.659. The third-order valence-corrected chi connectivity index (χ3v) is 3.06. The molecule has 0 aromatic carbocycles. The third-order valence-electron chi connectivity index (χ3n) is 2.78. The highest BCUT2D eigenvalue weighted by Crippen LogP contribution is 2.32. The molecule has 0 bridgehead atoms. The molecule has 2 nitrogen and oxygen atoms in total. The summed E-state index contributed by atoms with van der Waals surface area (Å²) >= 11 is 5.79. The highest BCUT2D eigenvalue weighted by Gasteiger charge is 2.20. The zero-order valence-electron chi connectivity index (χ0n) is 8.46. The van der Waals surface area contributed by atoms with Gasteiger partial charge in [-0.1, -0.05) is 12.8 Å². The Morgan fingerprint density at radius 3 is 2.71 bits per heavy atom. The lowest BCUT2D eigenvalue weighted by Gasteiger charge is -2.09. The largest absolute Gasteiger partial charge is 0.238 e. The number of aromatic nitrogens is 2. The molecule has 76 valence electrons. The van der Waals surface area contributed by atoms with Crippen LogP contribution in [0.15, 0.2) is 6.07 Å². The van der Waals surface area contributed by atoms with Gasteiger partial charge in [0.2, 0.25) is 0 Å². The van der Waals surface area contributed by atoms with Gasteiger partial charge in [-0.25, -0.2) is 9.97 Å². The minimum atomic E-state index is 0.489. The zero-order chi connectivity index (χ0) is 9.97. The van der Waals surface area contributed by atoms with Crippen LogP contribution in [0.2, 0.25) is 0 Å². The summed E-state index contributed by atoms with van der Waals surface area (Å²) in [5, 5.41) is 0. The fourth-order valence-corrected chi connectivity index (χ4v) is 2.23. The van der Waals surface area contributed by atoms with Crippen molar-refractivity contribution in [2.75, 3.05) is 0 Å². The first kappa shape index (κ1) is 9.91. The maximum Gasteiger partial charge on any atom is 0.131 e. The quantitative estimate of drug-likeness (QED) is 0.701. The van der Waals surface area contributed by atoms with Crippen LogP contribution in [0.4, 0.5) is 0 Å². The van der Waals surface area contributed by atoms with Gasteiger partial charge in [-0.15, -0.1) is 11.6 Å². The minimum absolute atomic E-state index is 0.489. The molecule has 1 aliphatic carbocycles. The van der Waals surface area contributed by atoms with E-state index < -0.39 is 0 Å². The molecule has 0 radical (unpaired) electrons. The van der Waals surface area contributed by atoms with E-state index in [-0.39, 0.29) is 0 Å². The van der Waals surface area contributed by atoms with Gasteiger partial charge in [0.05, 0.1) is 11.6 Å². The Balaban J connectivity index is 2.27. The van der Waals surface area contributed by atoms with Gasteiger partial charge in [-0.3, -0.25) is 0 Å². The Morgan fingerprint density at radius 2 is 2.07 bits per heavy atom. The molecule has 1 fully saturated rings.